The van der Waals surface area contributed by atoms with E-state index < -0.39 is 12.2 Å². The smallest absolute Gasteiger partial charge is 0.249 e. The molecule has 0 radical (unpaired) electrons. The standard InChI is InChI=1S/C24H25FN2O3/c1-3-30-22-7-5-4-6-19(22)20(25)13-16-8-9-18-15(2)27(14-17(18)12-16)21-10-11-23(28)26-24(21)29/h4-9,12,20-21H,2-3,10-11,13-14H2,1H3,(H,26,28,29). The fraction of sp³-hybridized carbons (Fsp3) is 0.333. The number of rotatable bonds is 6. The van der Waals surface area contributed by atoms with E-state index in [-0.39, 0.29) is 18.2 Å². The van der Waals surface area contributed by atoms with Crippen LogP contribution in [0.25, 0.3) is 5.70 Å². The molecule has 1 saturated heterocycles. The zero-order chi connectivity index (χ0) is 21.3. The second-order valence-electron chi connectivity index (χ2n) is 7.68. The summed E-state index contributed by atoms with van der Waals surface area (Å²) >= 11 is 0. The molecule has 2 aliphatic rings. The van der Waals surface area contributed by atoms with Crippen LogP contribution in [0.5, 0.6) is 5.75 Å². The molecule has 2 aromatic carbocycles. The minimum Gasteiger partial charge on any atom is -0.493 e. The Hall–Kier alpha value is -3.15. The van der Waals surface area contributed by atoms with Gasteiger partial charge in [-0.25, -0.2) is 4.39 Å². The van der Waals surface area contributed by atoms with Gasteiger partial charge in [0.1, 0.15) is 18.0 Å². The highest BCUT2D eigenvalue weighted by atomic mass is 19.1. The van der Waals surface area contributed by atoms with Crippen LogP contribution in [0.15, 0.2) is 49.0 Å². The van der Waals surface area contributed by atoms with Gasteiger partial charge >= 0.3 is 0 Å². The van der Waals surface area contributed by atoms with Crippen molar-refractivity contribution in [3.8, 4) is 5.75 Å². The van der Waals surface area contributed by atoms with Crippen LogP contribution in [0, 0.1) is 0 Å². The number of nitrogens with zero attached hydrogens (tertiary/aromatic N) is 1. The van der Waals surface area contributed by atoms with E-state index in [1.54, 1.807) is 12.1 Å². The number of nitrogens with one attached hydrogen (secondary N) is 1. The highest BCUT2D eigenvalue weighted by molar-refractivity contribution is 6.01. The van der Waals surface area contributed by atoms with E-state index in [0.29, 0.717) is 37.3 Å². The zero-order valence-electron chi connectivity index (χ0n) is 17.0. The lowest BCUT2D eigenvalue weighted by atomic mass is 9.98. The second kappa shape index (κ2) is 8.30. The van der Waals surface area contributed by atoms with Gasteiger partial charge in [-0.2, -0.15) is 0 Å². The molecule has 2 amide bonds. The van der Waals surface area contributed by atoms with Gasteiger partial charge in [-0.1, -0.05) is 43.0 Å². The number of hydrogen-bond acceptors (Lipinski definition) is 4. The third-order valence-electron chi connectivity index (χ3n) is 5.73. The van der Waals surface area contributed by atoms with Crippen molar-refractivity contribution < 1.29 is 18.7 Å². The van der Waals surface area contributed by atoms with Crippen LogP contribution < -0.4 is 10.1 Å². The topological polar surface area (TPSA) is 58.6 Å². The quantitative estimate of drug-likeness (QED) is 0.736. The predicted octanol–water partition coefficient (Wildman–Crippen LogP) is 3.93. The Balaban J connectivity index is 1.51. The molecule has 0 spiro atoms. The van der Waals surface area contributed by atoms with Crippen LogP contribution in [0.3, 0.4) is 0 Å². The van der Waals surface area contributed by atoms with Crippen LogP contribution in [0.2, 0.25) is 0 Å². The maximum Gasteiger partial charge on any atom is 0.249 e. The normalized spacial score (nSPS) is 19.5. The molecule has 0 saturated carbocycles. The first-order valence-corrected chi connectivity index (χ1v) is 10.2. The van der Waals surface area contributed by atoms with Crippen molar-refractivity contribution in [3.63, 3.8) is 0 Å². The molecule has 1 N–H and O–H groups in total. The lowest BCUT2D eigenvalue weighted by Gasteiger charge is -2.31. The average Bonchev–Trinajstić information content (AvgIpc) is 3.04. The molecule has 30 heavy (non-hydrogen) atoms. The van der Waals surface area contributed by atoms with Gasteiger partial charge in [-0.15, -0.1) is 0 Å². The van der Waals surface area contributed by atoms with Crippen molar-refractivity contribution >= 4 is 17.5 Å². The molecule has 6 heteroatoms. The van der Waals surface area contributed by atoms with E-state index in [1.807, 2.05) is 42.2 Å². The van der Waals surface area contributed by atoms with Crippen molar-refractivity contribution in [2.75, 3.05) is 6.61 Å². The Morgan fingerprint density at radius 1 is 1.27 bits per heavy atom. The van der Waals surface area contributed by atoms with Crippen LogP contribution >= 0.6 is 0 Å². The molecular formula is C24H25FN2O3. The minimum atomic E-state index is -1.18. The van der Waals surface area contributed by atoms with Crippen LogP contribution in [-0.2, 0) is 22.6 Å². The van der Waals surface area contributed by atoms with E-state index in [2.05, 4.69) is 11.9 Å². The highest BCUT2D eigenvalue weighted by Gasteiger charge is 2.36. The van der Waals surface area contributed by atoms with Crippen molar-refractivity contribution in [2.45, 2.75) is 44.9 Å². The number of halogens is 1. The van der Waals surface area contributed by atoms with Gasteiger partial charge < -0.3 is 9.64 Å². The summed E-state index contributed by atoms with van der Waals surface area (Å²) in [4.78, 5) is 25.7. The Bertz CT molecular complexity index is 1000. The molecule has 2 unspecified atom stereocenters. The summed E-state index contributed by atoms with van der Waals surface area (Å²) in [6.07, 6.45) is -0.139. The summed E-state index contributed by atoms with van der Waals surface area (Å²) < 4.78 is 20.7. The third-order valence-corrected chi connectivity index (χ3v) is 5.73. The first kappa shape index (κ1) is 20.1. The summed E-state index contributed by atoms with van der Waals surface area (Å²) in [7, 11) is 0. The van der Waals surface area contributed by atoms with Crippen molar-refractivity contribution in [3.05, 3.63) is 71.3 Å². The molecule has 4 rings (SSSR count). The van der Waals surface area contributed by atoms with Gasteiger partial charge in [0.05, 0.1) is 6.61 Å². The minimum absolute atomic E-state index is 0.234. The third kappa shape index (κ3) is 3.82. The number of ether oxygens (including phenoxy) is 1. The maximum atomic E-state index is 15.1. The number of alkyl halides is 1. The number of carbonyl (C=O) groups is 2. The van der Waals surface area contributed by atoms with Gasteiger partial charge in [0.25, 0.3) is 0 Å². The molecule has 0 aliphatic carbocycles. The average molecular weight is 408 g/mol. The summed E-state index contributed by atoms with van der Waals surface area (Å²) in [5.74, 6) is 0.0602. The number of amides is 2. The Morgan fingerprint density at radius 3 is 2.83 bits per heavy atom. The van der Waals surface area contributed by atoms with Gasteiger partial charge in [0.15, 0.2) is 0 Å². The monoisotopic (exact) mass is 408 g/mol. The lowest BCUT2D eigenvalue weighted by molar-refractivity contribution is -0.136. The molecule has 2 heterocycles. The van der Waals surface area contributed by atoms with Crippen molar-refractivity contribution in [2.24, 2.45) is 0 Å². The van der Waals surface area contributed by atoms with Gasteiger partial charge in [-0.05, 0) is 30.5 Å². The molecule has 156 valence electrons. The van der Waals surface area contributed by atoms with E-state index in [9.17, 15) is 9.59 Å². The fourth-order valence-corrected chi connectivity index (χ4v) is 4.24. The predicted molar refractivity (Wildman–Crippen MR) is 112 cm³/mol. The number of fused-ring (bicyclic) bond motifs is 1. The van der Waals surface area contributed by atoms with Crippen LogP contribution in [0.4, 0.5) is 4.39 Å². The Kier molecular flexibility index (Phi) is 5.57. The van der Waals surface area contributed by atoms with Crippen LogP contribution in [-0.4, -0.2) is 29.4 Å². The fourth-order valence-electron chi connectivity index (χ4n) is 4.24. The number of piperidine rings is 1. The number of para-hydroxylation sites is 1. The second-order valence-corrected chi connectivity index (χ2v) is 7.68. The molecule has 2 aliphatic heterocycles. The van der Waals surface area contributed by atoms with E-state index in [1.165, 1.54) is 0 Å². The summed E-state index contributed by atoms with van der Waals surface area (Å²) in [6, 6.07) is 12.6. The molecule has 5 nitrogen and oxygen atoms in total. The molecule has 0 aromatic heterocycles. The van der Waals surface area contributed by atoms with Gasteiger partial charge in [0.2, 0.25) is 11.8 Å². The SMILES string of the molecule is C=C1c2ccc(CC(F)c3ccccc3OCC)cc2CN1C1CCC(=O)NC1=O. The summed E-state index contributed by atoms with van der Waals surface area (Å²) in [5.41, 5.74) is 4.19. The van der Waals surface area contributed by atoms with Crippen LogP contribution in [0.1, 0.15) is 48.2 Å². The number of imide groups is 1. The molecule has 2 aromatic rings. The highest BCUT2D eigenvalue weighted by Crippen LogP contribution is 2.37. The molecule has 2 atom stereocenters. The first-order valence-electron chi connectivity index (χ1n) is 10.2. The van der Waals surface area contributed by atoms with Gasteiger partial charge in [0, 0.05) is 36.2 Å². The Labute approximate surface area is 175 Å². The Morgan fingerprint density at radius 2 is 2.07 bits per heavy atom. The summed E-state index contributed by atoms with van der Waals surface area (Å²) in [6.45, 7) is 7.04. The van der Waals surface area contributed by atoms with Crippen molar-refractivity contribution in [1.29, 1.82) is 0 Å². The van der Waals surface area contributed by atoms with E-state index in [0.717, 1.165) is 22.4 Å². The van der Waals surface area contributed by atoms with Gasteiger partial charge in [-0.3, -0.25) is 14.9 Å². The number of benzene rings is 2. The molecular weight excluding hydrogens is 383 g/mol. The molecule has 0 bridgehead atoms. The van der Waals surface area contributed by atoms with E-state index >= 15 is 4.39 Å². The largest absolute Gasteiger partial charge is 0.493 e. The maximum absolute atomic E-state index is 15.1. The van der Waals surface area contributed by atoms with Crippen molar-refractivity contribution in [1.82, 2.24) is 10.2 Å². The zero-order valence-corrected chi connectivity index (χ0v) is 17.0. The first-order chi connectivity index (χ1) is 14.5. The number of hydrogen-bond donors (Lipinski definition) is 1. The van der Waals surface area contributed by atoms with E-state index in [4.69, 9.17) is 4.74 Å². The number of carbonyl (C=O) groups excluding carboxylic acids is 2. The lowest BCUT2D eigenvalue weighted by Crippen LogP contribution is -2.50. The molecule has 1 fully saturated rings. The summed E-state index contributed by atoms with van der Waals surface area (Å²) in [5, 5.41) is 2.40.